The molecular formula is C23H22FN3O4. The molecule has 1 spiro atoms. The van der Waals surface area contributed by atoms with Crippen LogP contribution in [-0.4, -0.2) is 37.5 Å². The summed E-state index contributed by atoms with van der Waals surface area (Å²) in [5.74, 6) is -0.955. The summed E-state index contributed by atoms with van der Waals surface area (Å²) in [4.78, 5) is 42.8. The molecule has 5 rings (SSSR count). The second-order valence-electron chi connectivity index (χ2n) is 8.20. The first-order chi connectivity index (χ1) is 15.0. The van der Waals surface area contributed by atoms with Gasteiger partial charge < -0.3 is 9.64 Å². The van der Waals surface area contributed by atoms with E-state index in [0.717, 1.165) is 17.7 Å². The van der Waals surface area contributed by atoms with Crippen LogP contribution in [0, 0.1) is 11.2 Å². The van der Waals surface area contributed by atoms with Crippen LogP contribution in [0.25, 0.3) is 0 Å². The summed E-state index contributed by atoms with van der Waals surface area (Å²) >= 11 is 0. The van der Waals surface area contributed by atoms with Crippen LogP contribution in [0.5, 0.6) is 5.75 Å². The van der Waals surface area contributed by atoms with Gasteiger partial charge in [-0.25, -0.2) is 14.1 Å². The Balaban J connectivity index is 1.64. The second kappa shape index (κ2) is 7.08. The van der Waals surface area contributed by atoms with Crippen molar-refractivity contribution in [1.29, 1.82) is 0 Å². The van der Waals surface area contributed by atoms with Crippen LogP contribution in [0.15, 0.2) is 42.5 Å². The van der Waals surface area contributed by atoms with Crippen molar-refractivity contribution in [2.24, 2.45) is 5.41 Å². The quantitative estimate of drug-likeness (QED) is 0.752. The molecule has 0 unspecified atom stereocenters. The SMILES string of the molecule is COc1ccc(N2C(=O)NC(=O)[C@]3(Cc4cccc(F)c4N4CCCC[C@@H]43)C2=O)cc1. The molecule has 0 aromatic heterocycles. The van der Waals surface area contributed by atoms with Crippen LogP contribution >= 0.6 is 0 Å². The first-order valence-corrected chi connectivity index (χ1v) is 10.4. The Kier molecular flexibility index (Phi) is 4.46. The fraction of sp³-hybridized carbons (Fsp3) is 0.348. The number of carbonyl (C=O) groups is 3. The number of halogens is 1. The zero-order valence-corrected chi connectivity index (χ0v) is 17.1. The number of hydrogen-bond acceptors (Lipinski definition) is 5. The molecule has 2 aromatic carbocycles. The lowest BCUT2D eigenvalue weighted by atomic mass is 9.66. The predicted molar refractivity (Wildman–Crippen MR) is 112 cm³/mol. The molecule has 2 aromatic rings. The second-order valence-corrected chi connectivity index (χ2v) is 8.20. The van der Waals surface area contributed by atoms with E-state index in [0.29, 0.717) is 35.7 Å². The molecule has 3 aliphatic heterocycles. The number of methoxy groups -OCH3 is 1. The van der Waals surface area contributed by atoms with E-state index in [1.165, 1.54) is 13.2 Å². The molecular weight excluding hydrogens is 401 g/mol. The molecule has 0 aliphatic carbocycles. The smallest absolute Gasteiger partial charge is 0.335 e. The van der Waals surface area contributed by atoms with Crippen molar-refractivity contribution < 1.29 is 23.5 Å². The highest BCUT2D eigenvalue weighted by molar-refractivity contribution is 6.30. The Hall–Kier alpha value is -3.42. The number of hydrogen-bond donors (Lipinski definition) is 1. The summed E-state index contributed by atoms with van der Waals surface area (Å²) < 4.78 is 19.9. The van der Waals surface area contributed by atoms with Gasteiger partial charge >= 0.3 is 6.03 Å². The van der Waals surface area contributed by atoms with Gasteiger partial charge in [0.15, 0.2) is 5.41 Å². The third-order valence-corrected chi connectivity index (χ3v) is 6.64. The Morgan fingerprint density at radius 1 is 1.10 bits per heavy atom. The summed E-state index contributed by atoms with van der Waals surface area (Å²) in [5.41, 5.74) is -0.0886. The highest BCUT2D eigenvalue weighted by atomic mass is 19.1. The predicted octanol–water partition coefficient (Wildman–Crippen LogP) is 3.02. The number of nitrogens with one attached hydrogen (secondary N) is 1. The van der Waals surface area contributed by atoms with Crippen molar-refractivity contribution in [3.05, 3.63) is 53.8 Å². The molecule has 7 nitrogen and oxygen atoms in total. The molecule has 0 bridgehead atoms. The number of piperidine rings is 1. The Morgan fingerprint density at radius 3 is 2.61 bits per heavy atom. The number of imide groups is 2. The maximum Gasteiger partial charge on any atom is 0.335 e. The van der Waals surface area contributed by atoms with E-state index in [1.807, 2.05) is 4.90 Å². The number of rotatable bonds is 2. The normalized spacial score (nSPS) is 25.2. The van der Waals surface area contributed by atoms with Gasteiger partial charge in [0, 0.05) is 6.54 Å². The van der Waals surface area contributed by atoms with E-state index in [9.17, 15) is 18.8 Å². The molecule has 0 radical (unpaired) electrons. The molecule has 8 heteroatoms. The first-order valence-electron chi connectivity index (χ1n) is 10.4. The lowest BCUT2D eigenvalue weighted by molar-refractivity contribution is -0.145. The monoisotopic (exact) mass is 423 g/mol. The molecule has 2 saturated heterocycles. The van der Waals surface area contributed by atoms with Crippen molar-refractivity contribution in [2.45, 2.75) is 31.7 Å². The van der Waals surface area contributed by atoms with E-state index in [1.54, 1.807) is 36.4 Å². The van der Waals surface area contributed by atoms with Gasteiger partial charge in [0.1, 0.15) is 11.6 Å². The maximum absolute atomic E-state index is 14.8. The van der Waals surface area contributed by atoms with Gasteiger partial charge in [-0.1, -0.05) is 12.1 Å². The highest BCUT2D eigenvalue weighted by Gasteiger charge is 2.62. The van der Waals surface area contributed by atoms with E-state index in [4.69, 9.17) is 4.74 Å². The van der Waals surface area contributed by atoms with Crippen LogP contribution in [0.2, 0.25) is 0 Å². The average Bonchev–Trinajstić information content (AvgIpc) is 2.78. The van der Waals surface area contributed by atoms with E-state index >= 15 is 0 Å². The topological polar surface area (TPSA) is 79.0 Å². The number of amides is 4. The molecule has 31 heavy (non-hydrogen) atoms. The number of barbiturate groups is 1. The standard InChI is InChI=1S/C23H22FN3O4/c1-31-16-10-8-15(9-11-16)27-21(29)23(20(28)25-22(27)30)13-14-5-4-6-17(24)19(14)26-12-3-2-7-18(23)26/h4-6,8-11,18H,2-3,7,12-13H2,1H3,(H,25,28,30)/t18-,23-/m1/s1. The van der Waals surface area contributed by atoms with Crippen molar-refractivity contribution in [2.75, 3.05) is 23.5 Å². The minimum absolute atomic E-state index is 0.0475. The van der Waals surface area contributed by atoms with Crippen LogP contribution in [-0.2, 0) is 16.0 Å². The van der Waals surface area contributed by atoms with Crippen molar-refractivity contribution in [1.82, 2.24) is 5.32 Å². The van der Waals surface area contributed by atoms with Gasteiger partial charge in [-0.05, 0) is 61.6 Å². The first kappa shape index (κ1) is 19.5. The third-order valence-electron chi connectivity index (χ3n) is 6.64. The minimum Gasteiger partial charge on any atom is -0.497 e. The number of anilines is 2. The molecule has 2 atom stereocenters. The lowest BCUT2D eigenvalue weighted by Gasteiger charge is -2.53. The van der Waals surface area contributed by atoms with Crippen molar-refractivity contribution in [3.63, 3.8) is 0 Å². The number of fused-ring (bicyclic) bond motifs is 4. The molecule has 3 heterocycles. The molecule has 160 valence electrons. The Labute approximate surface area is 178 Å². The van der Waals surface area contributed by atoms with Gasteiger partial charge in [0.2, 0.25) is 5.91 Å². The summed E-state index contributed by atoms with van der Waals surface area (Å²) in [6, 6.07) is 9.95. The van der Waals surface area contributed by atoms with Crippen molar-refractivity contribution in [3.8, 4) is 5.75 Å². The van der Waals surface area contributed by atoms with Crippen molar-refractivity contribution >= 4 is 29.2 Å². The summed E-state index contributed by atoms with van der Waals surface area (Å²) in [5, 5.41) is 2.40. The average molecular weight is 423 g/mol. The fourth-order valence-electron chi connectivity index (χ4n) is 5.22. The molecule has 2 fully saturated rings. The fourth-order valence-corrected chi connectivity index (χ4v) is 5.22. The van der Waals surface area contributed by atoms with Crippen LogP contribution in [0.1, 0.15) is 24.8 Å². The summed E-state index contributed by atoms with van der Waals surface area (Å²) in [7, 11) is 1.53. The zero-order chi connectivity index (χ0) is 21.8. The summed E-state index contributed by atoms with van der Waals surface area (Å²) in [6.07, 6.45) is 2.28. The molecule has 1 N–H and O–H groups in total. The highest BCUT2D eigenvalue weighted by Crippen LogP contribution is 2.48. The van der Waals surface area contributed by atoms with Crippen LogP contribution in [0.3, 0.4) is 0 Å². The van der Waals surface area contributed by atoms with E-state index < -0.39 is 29.3 Å². The minimum atomic E-state index is -1.50. The number of para-hydroxylation sites is 1. The molecule has 0 saturated carbocycles. The Bertz CT molecular complexity index is 1090. The maximum atomic E-state index is 14.8. The van der Waals surface area contributed by atoms with Gasteiger partial charge in [-0.15, -0.1) is 0 Å². The molecule has 4 amide bonds. The largest absolute Gasteiger partial charge is 0.497 e. The number of carbonyl (C=O) groups excluding carboxylic acids is 3. The van der Waals surface area contributed by atoms with Gasteiger partial charge in [0.05, 0.1) is 24.5 Å². The van der Waals surface area contributed by atoms with E-state index in [-0.39, 0.29) is 12.2 Å². The third kappa shape index (κ3) is 2.74. The number of urea groups is 1. The lowest BCUT2D eigenvalue weighted by Crippen LogP contribution is -2.73. The van der Waals surface area contributed by atoms with Gasteiger partial charge in [-0.2, -0.15) is 0 Å². The zero-order valence-electron chi connectivity index (χ0n) is 17.1. The number of ether oxygens (including phenoxy) is 1. The summed E-state index contributed by atoms with van der Waals surface area (Å²) in [6.45, 7) is 0.553. The number of nitrogens with zero attached hydrogens (tertiary/aromatic N) is 2. The van der Waals surface area contributed by atoms with Crippen LogP contribution < -0.4 is 19.9 Å². The number of benzene rings is 2. The molecule has 3 aliphatic rings. The van der Waals surface area contributed by atoms with Gasteiger partial charge in [-0.3, -0.25) is 14.9 Å². The van der Waals surface area contributed by atoms with Crippen LogP contribution in [0.4, 0.5) is 20.6 Å². The van der Waals surface area contributed by atoms with Gasteiger partial charge in [0.25, 0.3) is 5.91 Å². The van der Waals surface area contributed by atoms with E-state index in [2.05, 4.69) is 5.32 Å². The Morgan fingerprint density at radius 2 is 1.87 bits per heavy atom.